The van der Waals surface area contributed by atoms with Gasteiger partial charge in [0.05, 0.1) is 18.2 Å². The summed E-state index contributed by atoms with van der Waals surface area (Å²) in [4.78, 5) is 27.3. The standard InChI is InChI=1S/C16H17N3O4S/c17-13-6-7-19(16(21)18-13)8-12-10-24-14(23-12)9-22-15(20)11-4-2-1-3-5-11/h1-7,12,14H,8-10H2,(H2,17,18,21)/t12-,14+/m0/s1. The van der Waals surface area contributed by atoms with Gasteiger partial charge in [-0.1, -0.05) is 18.2 Å². The van der Waals surface area contributed by atoms with Crippen molar-refractivity contribution in [1.29, 1.82) is 0 Å². The van der Waals surface area contributed by atoms with Crippen LogP contribution in [-0.2, 0) is 16.0 Å². The molecule has 8 heteroatoms. The molecule has 1 aliphatic rings. The first kappa shape index (κ1) is 16.5. The Balaban J connectivity index is 1.49. The number of nitrogens with zero attached hydrogens (tertiary/aromatic N) is 2. The maximum absolute atomic E-state index is 11.9. The zero-order valence-electron chi connectivity index (χ0n) is 12.8. The predicted molar refractivity (Wildman–Crippen MR) is 90.8 cm³/mol. The van der Waals surface area contributed by atoms with Crippen molar-refractivity contribution in [3.05, 3.63) is 58.6 Å². The van der Waals surface area contributed by atoms with Crippen LogP contribution in [-0.4, -0.2) is 39.4 Å². The molecular weight excluding hydrogens is 330 g/mol. The van der Waals surface area contributed by atoms with Crippen molar-refractivity contribution in [2.75, 3.05) is 18.1 Å². The Kier molecular flexibility index (Phi) is 5.17. The number of nitrogen functional groups attached to an aromatic ring is 1. The lowest BCUT2D eigenvalue weighted by Crippen LogP contribution is -2.30. The fourth-order valence-corrected chi connectivity index (χ4v) is 3.31. The lowest BCUT2D eigenvalue weighted by atomic mass is 10.2. The van der Waals surface area contributed by atoms with Crippen molar-refractivity contribution in [2.45, 2.75) is 18.1 Å². The lowest BCUT2D eigenvalue weighted by molar-refractivity contribution is 0.00451. The molecule has 0 amide bonds. The normalized spacial score (nSPS) is 20.0. The number of anilines is 1. The van der Waals surface area contributed by atoms with E-state index in [1.165, 1.54) is 4.57 Å². The second-order valence-electron chi connectivity index (χ2n) is 5.27. The summed E-state index contributed by atoms with van der Waals surface area (Å²) in [6, 6.07) is 10.4. The van der Waals surface area contributed by atoms with E-state index >= 15 is 0 Å². The van der Waals surface area contributed by atoms with E-state index in [-0.39, 0.29) is 29.9 Å². The molecular formula is C16H17N3O4S. The SMILES string of the molecule is Nc1ccn(C[C@H]2CS[C@H](COC(=O)c3ccccc3)O2)c(=O)n1. The molecule has 126 valence electrons. The van der Waals surface area contributed by atoms with Crippen molar-refractivity contribution in [2.24, 2.45) is 0 Å². The van der Waals surface area contributed by atoms with Crippen LogP contribution in [0.3, 0.4) is 0 Å². The molecule has 2 N–H and O–H groups in total. The largest absolute Gasteiger partial charge is 0.458 e. The first-order chi connectivity index (χ1) is 11.6. The molecule has 7 nitrogen and oxygen atoms in total. The van der Waals surface area contributed by atoms with Gasteiger partial charge in [0.1, 0.15) is 17.9 Å². The van der Waals surface area contributed by atoms with Gasteiger partial charge in [0.25, 0.3) is 0 Å². The number of rotatable bonds is 5. The van der Waals surface area contributed by atoms with Crippen molar-refractivity contribution < 1.29 is 14.3 Å². The first-order valence-electron chi connectivity index (χ1n) is 7.44. The molecule has 24 heavy (non-hydrogen) atoms. The van der Waals surface area contributed by atoms with E-state index in [0.717, 1.165) is 0 Å². The number of nitrogens with two attached hydrogens (primary N) is 1. The monoisotopic (exact) mass is 347 g/mol. The van der Waals surface area contributed by atoms with Crippen LogP contribution in [0.25, 0.3) is 0 Å². The summed E-state index contributed by atoms with van der Waals surface area (Å²) in [6.07, 6.45) is 1.46. The van der Waals surface area contributed by atoms with E-state index in [0.29, 0.717) is 17.9 Å². The predicted octanol–water partition coefficient (Wildman–Crippen LogP) is 1.14. The molecule has 1 saturated heterocycles. The number of hydrogen-bond acceptors (Lipinski definition) is 7. The van der Waals surface area contributed by atoms with Crippen molar-refractivity contribution in [1.82, 2.24) is 9.55 Å². The van der Waals surface area contributed by atoms with Crippen LogP contribution in [0.2, 0.25) is 0 Å². The van der Waals surface area contributed by atoms with E-state index in [9.17, 15) is 9.59 Å². The Morgan fingerprint density at radius 1 is 1.38 bits per heavy atom. The number of thioether (sulfide) groups is 1. The second kappa shape index (κ2) is 7.50. The molecule has 2 aromatic rings. The molecule has 1 fully saturated rings. The third kappa shape index (κ3) is 4.15. The molecule has 1 aromatic heterocycles. The quantitative estimate of drug-likeness (QED) is 0.810. The Morgan fingerprint density at radius 2 is 2.17 bits per heavy atom. The maximum atomic E-state index is 11.9. The molecule has 0 aliphatic carbocycles. The van der Waals surface area contributed by atoms with E-state index < -0.39 is 5.69 Å². The Hall–Kier alpha value is -2.32. The van der Waals surface area contributed by atoms with Gasteiger partial charge >= 0.3 is 11.7 Å². The van der Waals surface area contributed by atoms with Crippen LogP contribution in [0.15, 0.2) is 47.4 Å². The summed E-state index contributed by atoms with van der Waals surface area (Å²) in [7, 11) is 0. The maximum Gasteiger partial charge on any atom is 0.349 e. The van der Waals surface area contributed by atoms with Crippen molar-refractivity contribution in [3.63, 3.8) is 0 Å². The molecule has 0 bridgehead atoms. The topological polar surface area (TPSA) is 96.4 Å². The van der Waals surface area contributed by atoms with Gasteiger partial charge in [-0.05, 0) is 18.2 Å². The highest BCUT2D eigenvalue weighted by atomic mass is 32.2. The summed E-state index contributed by atoms with van der Waals surface area (Å²) >= 11 is 1.56. The van der Waals surface area contributed by atoms with Gasteiger partial charge in [0.15, 0.2) is 0 Å². The highest BCUT2D eigenvalue weighted by Crippen LogP contribution is 2.26. The van der Waals surface area contributed by atoms with Gasteiger partial charge in [-0.3, -0.25) is 4.57 Å². The van der Waals surface area contributed by atoms with Gasteiger partial charge in [0, 0.05) is 11.9 Å². The average molecular weight is 347 g/mol. The molecule has 3 rings (SSSR count). The number of hydrogen-bond donors (Lipinski definition) is 1. The summed E-state index contributed by atoms with van der Waals surface area (Å²) in [5, 5.41) is 0. The third-order valence-electron chi connectivity index (χ3n) is 3.47. The molecule has 1 aliphatic heterocycles. The Morgan fingerprint density at radius 3 is 2.92 bits per heavy atom. The van der Waals surface area contributed by atoms with Crippen LogP contribution < -0.4 is 11.4 Å². The molecule has 2 atom stereocenters. The lowest BCUT2D eigenvalue weighted by Gasteiger charge is -2.14. The molecule has 1 aromatic carbocycles. The van der Waals surface area contributed by atoms with Gasteiger partial charge in [0.2, 0.25) is 0 Å². The van der Waals surface area contributed by atoms with Crippen LogP contribution in [0.4, 0.5) is 5.82 Å². The Bertz CT molecular complexity index is 765. The van der Waals surface area contributed by atoms with Gasteiger partial charge in [-0.25, -0.2) is 9.59 Å². The fraction of sp³-hybridized carbons (Fsp3) is 0.312. The Labute approximate surface area is 142 Å². The van der Waals surface area contributed by atoms with Gasteiger partial charge < -0.3 is 15.2 Å². The fourth-order valence-electron chi connectivity index (χ4n) is 2.29. The number of aromatic nitrogens is 2. The number of carbonyl (C=O) groups is 1. The summed E-state index contributed by atoms with van der Waals surface area (Å²) in [6.45, 7) is 0.562. The average Bonchev–Trinajstić information content (AvgIpc) is 3.03. The molecule has 0 saturated carbocycles. The molecule has 2 heterocycles. The number of ether oxygens (including phenoxy) is 2. The summed E-state index contributed by atoms with van der Waals surface area (Å²) in [5.41, 5.74) is 5.34. The van der Waals surface area contributed by atoms with Crippen molar-refractivity contribution >= 4 is 23.5 Å². The minimum atomic E-state index is -0.400. The zero-order valence-corrected chi connectivity index (χ0v) is 13.6. The van der Waals surface area contributed by atoms with E-state index in [4.69, 9.17) is 15.2 Å². The summed E-state index contributed by atoms with van der Waals surface area (Å²) in [5.74, 6) is 0.538. The van der Waals surface area contributed by atoms with Gasteiger partial charge in [-0.15, -0.1) is 11.8 Å². The van der Waals surface area contributed by atoms with E-state index in [1.807, 2.05) is 6.07 Å². The van der Waals surface area contributed by atoms with Gasteiger partial charge in [-0.2, -0.15) is 4.98 Å². The highest BCUT2D eigenvalue weighted by Gasteiger charge is 2.27. The van der Waals surface area contributed by atoms with Crippen LogP contribution in [0.5, 0.6) is 0 Å². The number of benzene rings is 1. The first-order valence-corrected chi connectivity index (χ1v) is 8.49. The van der Waals surface area contributed by atoms with E-state index in [1.54, 1.807) is 48.3 Å². The molecule has 0 radical (unpaired) electrons. The number of esters is 1. The zero-order chi connectivity index (χ0) is 16.9. The van der Waals surface area contributed by atoms with Crippen LogP contribution in [0.1, 0.15) is 10.4 Å². The van der Waals surface area contributed by atoms with Crippen LogP contribution >= 0.6 is 11.8 Å². The van der Waals surface area contributed by atoms with Crippen LogP contribution in [0, 0.1) is 0 Å². The number of carbonyl (C=O) groups excluding carboxylic acids is 1. The third-order valence-corrected chi connectivity index (χ3v) is 4.65. The second-order valence-corrected chi connectivity index (χ2v) is 6.47. The minimum Gasteiger partial charge on any atom is -0.458 e. The molecule has 0 unspecified atom stereocenters. The summed E-state index contributed by atoms with van der Waals surface area (Å²) < 4.78 is 12.5. The van der Waals surface area contributed by atoms with Crippen molar-refractivity contribution in [3.8, 4) is 0 Å². The van der Waals surface area contributed by atoms with E-state index in [2.05, 4.69) is 4.98 Å². The minimum absolute atomic E-state index is 0.140. The smallest absolute Gasteiger partial charge is 0.349 e. The molecule has 0 spiro atoms. The highest BCUT2D eigenvalue weighted by molar-refractivity contribution is 8.00.